The Bertz CT molecular complexity index is 1240. The number of esters is 1. The van der Waals surface area contributed by atoms with Crippen LogP contribution in [0.1, 0.15) is 27.3 Å². The maximum atomic E-state index is 12.4. The van der Waals surface area contributed by atoms with Gasteiger partial charge in [0.1, 0.15) is 0 Å². The Labute approximate surface area is 184 Å². The monoisotopic (exact) mass is 430 g/mol. The highest BCUT2D eigenvalue weighted by molar-refractivity contribution is 5.96. The van der Waals surface area contributed by atoms with Gasteiger partial charge in [0.15, 0.2) is 12.4 Å². The van der Waals surface area contributed by atoms with Crippen LogP contribution in [-0.4, -0.2) is 43.0 Å². The first-order chi connectivity index (χ1) is 15.4. The molecule has 0 unspecified atom stereocenters. The van der Waals surface area contributed by atoms with Crippen LogP contribution in [0.2, 0.25) is 0 Å². The molecular formula is C23H22N6O3. The molecule has 3 heterocycles. The lowest BCUT2D eigenvalue weighted by molar-refractivity contribution is -0.119. The van der Waals surface area contributed by atoms with Gasteiger partial charge in [0.05, 0.1) is 28.3 Å². The molecule has 0 aliphatic rings. The molecule has 1 N–H and O–H groups in total. The highest BCUT2D eigenvalue weighted by Crippen LogP contribution is 2.23. The molecule has 32 heavy (non-hydrogen) atoms. The van der Waals surface area contributed by atoms with E-state index in [1.807, 2.05) is 45.0 Å². The third kappa shape index (κ3) is 4.41. The van der Waals surface area contributed by atoms with Crippen LogP contribution in [0.4, 0.5) is 5.69 Å². The van der Waals surface area contributed by atoms with E-state index in [9.17, 15) is 9.59 Å². The van der Waals surface area contributed by atoms with E-state index in [1.165, 1.54) is 6.20 Å². The van der Waals surface area contributed by atoms with Crippen molar-refractivity contribution >= 4 is 17.6 Å². The van der Waals surface area contributed by atoms with Gasteiger partial charge in [-0.2, -0.15) is 10.2 Å². The number of nitrogens with one attached hydrogen (secondary N) is 1. The fourth-order valence-corrected chi connectivity index (χ4v) is 3.20. The Morgan fingerprint density at radius 3 is 2.50 bits per heavy atom. The van der Waals surface area contributed by atoms with E-state index in [0.29, 0.717) is 17.2 Å². The minimum Gasteiger partial charge on any atom is -0.452 e. The van der Waals surface area contributed by atoms with Gasteiger partial charge in [-0.05, 0) is 51.1 Å². The lowest BCUT2D eigenvalue weighted by Gasteiger charge is -2.08. The van der Waals surface area contributed by atoms with Gasteiger partial charge in [0.25, 0.3) is 5.91 Å². The predicted molar refractivity (Wildman–Crippen MR) is 118 cm³/mol. The zero-order valence-electron chi connectivity index (χ0n) is 17.9. The molecule has 162 valence electrons. The van der Waals surface area contributed by atoms with E-state index < -0.39 is 18.5 Å². The molecule has 0 spiro atoms. The summed E-state index contributed by atoms with van der Waals surface area (Å²) < 4.78 is 8.48. The summed E-state index contributed by atoms with van der Waals surface area (Å²) in [6.07, 6.45) is 4.77. The summed E-state index contributed by atoms with van der Waals surface area (Å²) in [7, 11) is 0. The number of ether oxygens (including phenoxy) is 1. The van der Waals surface area contributed by atoms with E-state index >= 15 is 0 Å². The Kier molecular flexibility index (Phi) is 5.80. The fraction of sp³-hybridized carbons (Fsp3) is 0.174. The maximum Gasteiger partial charge on any atom is 0.340 e. The Hall–Kier alpha value is -4.27. The summed E-state index contributed by atoms with van der Waals surface area (Å²) in [6.45, 7) is 5.27. The van der Waals surface area contributed by atoms with Crippen molar-refractivity contribution in [1.82, 2.24) is 24.5 Å². The molecular weight excluding hydrogens is 408 g/mol. The molecule has 4 rings (SSSR count). The van der Waals surface area contributed by atoms with Gasteiger partial charge in [-0.15, -0.1) is 0 Å². The molecule has 3 aromatic heterocycles. The second-order valence-corrected chi connectivity index (χ2v) is 7.27. The van der Waals surface area contributed by atoms with Crippen molar-refractivity contribution in [2.45, 2.75) is 20.8 Å². The molecule has 0 saturated carbocycles. The average molecular weight is 430 g/mol. The molecule has 1 amide bonds. The molecule has 0 aliphatic heterocycles. The third-order valence-corrected chi connectivity index (χ3v) is 4.89. The van der Waals surface area contributed by atoms with Crippen molar-refractivity contribution in [1.29, 1.82) is 0 Å². The van der Waals surface area contributed by atoms with Gasteiger partial charge in [-0.3, -0.25) is 4.79 Å². The Balaban J connectivity index is 1.38. The maximum absolute atomic E-state index is 12.4. The summed E-state index contributed by atoms with van der Waals surface area (Å²) in [4.78, 5) is 28.9. The molecule has 0 atom stereocenters. The Morgan fingerprint density at radius 2 is 1.84 bits per heavy atom. The number of anilines is 1. The number of carbonyl (C=O) groups excluding carboxylic acids is 2. The van der Waals surface area contributed by atoms with Crippen LogP contribution in [0.25, 0.3) is 11.5 Å². The number of aromatic nitrogens is 5. The molecule has 0 saturated heterocycles. The van der Waals surface area contributed by atoms with E-state index in [2.05, 4.69) is 20.5 Å². The van der Waals surface area contributed by atoms with Crippen LogP contribution in [-0.2, 0) is 9.53 Å². The number of rotatable bonds is 6. The smallest absolute Gasteiger partial charge is 0.340 e. The topological polar surface area (TPSA) is 104 Å². The van der Waals surface area contributed by atoms with Crippen molar-refractivity contribution in [3.05, 3.63) is 83.6 Å². The van der Waals surface area contributed by atoms with Gasteiger partial charge in [0.2, 0.25) is 0 Å². The van der Waals surface area contributed by atoms with E-state index in [-0.39, 0.29) is 5.56 Å². The number of amides is 1. The van der Waals surface area contributed by atoms with Crippen LogP contribution in [0.15, 0.2) is 61.1 Å². The summed E-state index contributed by atoms with van der Waals surface area (Å²) in [6, 6.07) is 12.9. The zero-order chi connectivity index (χ0) is 22.7. The SMILES string of the molecule is Cc1ccc(-n2nc(C)c(NC(=O)COC(=O)c3ccc(-n4cccn4)nc3)c2C)cc1. The summed E-state index contributed by atoms with van der Waals surface area (Å²) in [5, 5.41) is 11.4. The van der Waals surface area contributed by atoms with E-state index in [0.717, 1.165) is 16.9 Å². The van der Waals surface area contributed by atoms with Gasteiger partial charge in [0, 0.05) is 18.6 Å². The second-order valence-electron chi connectivity index (χ2n) is 7.27. The van der Waals surface area contributed by atoms with E-state index in [1.54, 1.807) is 40.0 Å². The number of nitrogens with zero attached hydrogens (tertiary/aromatic N) is 5. The molecule has 4 aromatic rings. The van der Waals surface area contributed by atoms with Crippen molar-refractivity contribution in [3.8, 4) is 11.5 Å². The molecule has 0 aliphatic carbocycles. The minimum absolute atomic E-state index is 0.244. The van der Waals surface area contributed by atoms with Crippen molar-refractivity contribution < 1.29 is 14.3 Å². The number of pyridine rings is 1. The minimum atomic E-state index is -0.636. The van der Waals surface area contributed by atoms with Crippen molar-refractivity contribution in [2.24, 2.45) is 0 Å². The molecule has 0 radical (unpaired) electrons. The number of hydrogen-bond donors (Lipinski definition) is 1. The normalized spacial score (nSPS) is 10.7. The molecule has 0 bridgehead atoms. The largest absolute Gasteiger partial charge is 0.452 e. The van der Waals surface area contributed by atoms with Gasteiger partial charge in [-0.25, -0.2) is 19.1 Å². The summed E-state index contributed by atoms with van der Waals surface area (Å²) in [5.41, 5.74) is 4.33. The first-order valence-electron chi connectivity index (χ1n) is 9.98. The number of aryl methyl sites for hydroxylation is 2. The van der Waals surface area contributed by atoms with Crippen LogP contribution >= 0.6 is 0 Å². The second kappa shape index (κ2) is 8.84. The lowest BCUT2D eigenvalue weighted by atomic mass is 10.2. The Morgan fingerprint density at radius 1 is 1.06 bits per heavy atom. The third-order valence-electron chi connectivity index (χ3n) is 4.89. The number of benzene rings is 1. The quantitative estimate of drug-likeness (QED) is 0.471. The standard InChI is InChI=1S/C23H22N6O3/c1-15-5-8-19(9-6-15)29-17(3)22(16(2)27-29)26-21(30)14-32-23(31)18-7-10-20(24-13-18)28-12-4-11-25-28/h4-13H,14H2,1-3H3,(H,26,30). The highest BCUT2D eigenvalue weighted by Gasteiger charge is 2.17. The first-order valence-corrected chi connectivity index (χ1v) is 9.98. The van der Waals surface area contributed by atoms with E-state index in [4.69, 9.17) is 4.74 Å². The molecule has 9 heteroatoms. The van der Waals surface area contributed by atoms with Crippen LogP contribution < -0.4 is 5.32 Å². The van der Waals surface area contributed by atoms with Crippen molar-refractivity contribution in [2.75, 3.05) is 11.9 Å². The van der Waals surface area contributed by atoms with Crippen molar-refractivity contribution in [3.63, 3.8) is 0 Å². The van der Waals surface area contributed by atoms with Gasteiger partial charge >= 0.3 is 5.97 Å². The number of hydrogen-bond acceptors (Lipinski definition) is 6. The zero-order valence-corrected chi connectivity index (χ0v) is 17.9. The average Bonchev–Trinajstić information content (AvgIpc) is 3.43. The molecule has 1 aromatic carbocycles. The fourth-order valence-electron chi connectivity index (χ4n) is 3.20. The first kappa shape index (κ1) is 21.0. The van der Waals surface area contributed by atoms with Gasteiger partial charge < -0.3 is 10.1 Å². The van der Waals surface area contributed by atoms with Crippen LogP contribution in [0.3, 0.4) is 0 Å². The van der Waals surface area contributed by atoms with Gasteiger partial charge in [-0.1, -0.05) is 17.7 Å². The highest BCUT2D eigenvalue weighted by atomic mass is 16.5. The molecule has 0 fully saturated rings. The number of carbonyl (C=O) groups is 2. The summed E-state index contributed by atoms with van der Waals surface area (Å²) in [5.74, 6) is -0.515. The van der Waals surface area contributed by atoms with Crippen LogP contribution in [0.5, 0.6) is 0 Å². The van der Waals surface area contributed by atoms with Crippen LogP contribution in [0, 0.1) is 20.8 Å². The molecule has 9 nitrogen and oxygen atoms in total. The predicted octanol–water partition coefficient (Wildman–Crippen LogP) is 3.17. The lowest BCUT2D eigenvalue weighted by Crippen LogP contribution is -2.21. The summed E-state index contributed by atoms with van der Waals surface area (Å²) >= 11 is 0.